The standard InChI is InChI=1S/C19H20F3N5O2S/c1-10(2)27-17-13(7-25-27)12(6-14(26-17)15-5-4-11(3)30-15)18(29)23-8-16(28)24-9-19(20,21)22/h4-7,10H,8-9H2,1-3H3,(H,23,29)(H,24,28). The molecule has 0 aliphatic rings. The first kappa shape index (κ1) is 21.8. The molecule has 2 N–H and O–H groups in total. The molecule has 3 rings (SSSR count). The van der Waals surface area contributed by atoms with E-state index in [1.54, 1.807) is 16.1 Å². The van der Waals surface area contributed by atoms with Crippen molar-refractivity contribution < 1.29 is 22.8 Å². The minimum atomic E-state index is -4.52. The van der Waals surface area contributed by atoms with Crippen molar-refractivity contribution in [2.75, 3.05) is 13.1 Å². The smallest absolute Gasteiger partial charge is 0.345 e. The summed E-state index contributed by atoms with van der Waals surface area (Å²) in [4.78, 5) is 31.0. The van der Waals surface area contributed by atoms with Gasteiger partial charge in [-0.1, -0.05) is 0 Å². The molecule has 30 heavy (non-hydrogen) atoms. The Morgan fingerprint density at radius 1 is 1.23 bits per heavy atom. The number of thiophene rings is 1. The minimum absolute atomic E-state index is 0.000575. The lowest BCUT2D eigenvalue weighted by molar-refractivity contribution is -0.137. The van der Waals surface area contributed by atoms with Gasteiger partial charge in [0.2, 0.25) is 5.91 Å². The van der Waals surface area contributed by atoms with E-state index < -0.39 is 31.1 Å². The molecule has 0 saturated carbocycles. The van der Waals surface area contributed by atoms with E-state index >= 15 is 0 Å². The van der Waals surface area contributed by atoms with Crippen molar-refractivity contribution >= 4 is 34.2 Å². The van der Waals surface area contributed by atoms with Gasteiger partial charge < -0.3 is 10.6 Å². The normalized spacial score (nSPS) is 11.8. The molecule has 3 heterocycles. The van der Waals surface area contributed by atoms with Gasteiger partial charge in [0.1, 0.15) is 6.54 Å². The van der Waals surface area contributed by atoms with Gasteiger partial charge in [-0.05, 0) is 39.0 Å². The third-order valence-electron chi connectivity index (χ3n) is 4.19. The highest BCUT2D eigenvalue weighted by molar-refractivity contribution is 7.15. The molecule has 11 heteroatoms. The summed E-state index contributed by atoms with van der Waals surface area (Å²) in [6, 6.07) is 5.44. The average Bonchev–Trinajstić information content (AvgIpc) is 3.29. The average molecular weight is 439 g/mol. The zero-order valence-electron chi connectivity index (χ0n) is 16.5. The van der Waals surface area contributed by atoms with Crippen molar-refractivity contribution in [1.82, 2.24) is 25.4 Å². The fraction of sp³-hybridized carbons (Fsp3) is 0.368. The van der Waals surface area contributed by atoms with Crippen LogP contribution >= 0.6 is 11.3 Å². The molecule has 0 aliphatic carbocycles. The van der Waals surface area contributed by atoms with Crippen LogP contribution in [0.3, 0.4) is 0 Å². The van der Waals surface area contributed by atoms with Gasteiger partial charge in [-0.25, -0.2) is 9.67 Å². The van der Waals surface area contributed by atoms with Crippen molar-refractivity contribution in [2.45, 2.75) is 33.0 Å². The number of carbonyl (C=O) groups excluding carboxylic acids is 2. The largest absolute Gasteiger partial charge is 0.405 e. The predicted molar refractivity (Wildman–Crippen MR) is 107 cm³/mol. The molecule has 2 amide bonds. The van der Waals surface area contributed by atoms with Crippen LogP contribution in [0.25, 0.3) is 21.6 Å². The Hall–Kier alpha value is -2.95. The maximum absolute atomic E-state index is 12.8. The quantitative estimate of drug-likeness (QED) is 0.616. The molecule has 0 unspecified atom stereocenters. The SMILES string of the molecule is Cc1ccc(-c2cc(C(=O)NCC(=O)NCC(F)(F)F)c3cnn(C(C)C)c3n2)s1. The molecular formula is C19H20F3N5O2S. The monoisotopic (exact) mass is 439 g/mol. The van der Waals surface area contributed by atoms with Crippen LogP contribution in [-0.4, -0.2) is 45.8 Å². The fourth-order valence-electron chi connectivity index (χ4n) is 2.80. The first-order chi connectivity index (χ1) is 14.0. The van der Waals surface area contributed by atoms with E-state index in [0.717, 1.165) is 9.75 Å². The fourth-order valence-corrected chi connectivity index (χ4v) is 3.63. The Kier molecular flexibility index (Phi) is 6.11. The summed E-state index contributed by atoms with van der Waals surface area (Å²) >= 11 is 1.52. The van der Waals surface area contributed by atoms with Crippen LogP contribution < -0.4 is 10.6 Å². The van der Waals surface area contributed by atoms with Crippen molar-refractivity contribution in [3.05, 3.63) is 34.8 Å². The summed E-state index contributed by atoms with van der Waals surface area (Å²) in [6.07, 6.45) is -3.00. The number of amides is 2. The van der Waals surface area contributed by atoms with E-state index in [4.69, 9.17) is 0 Å². The lowest BCUT2D eigenvalue weighted by Crippen LogP contribution is -2.40. The third kappa shape index (κ3) is 4.96. The molecule has 0 atom stereocenters. The summed E-state index contributed by atoms with van der Waals surface area (Å²) in [6.45, 7) is 3.79. The number of fused-ring (bicyclic) bond motifs is 1. The molecule has 0 radical (unpaired) electrons. The third-order valence-corrected chi connectivity index (χ3v) is 5.21. The Balaban J connectivity index is 1.90. The molecule has 0 aliphatic heterocycles. The Morgan fingerprint density at radius 3 is 2.57 bits per heavy atom. The number of pyridine rings is 1. The molecule has 160 valence electrons. The number of aryl methyl sites for hydroxylation is 1. The number of halogens is 3. The number of nitrogens with one attached hydrogen (secondary N) is 2. The van der Waals surface area contributed by atoms with Gasteiger partial charge in [0, 0.05) is 10.9 Å². The van der Waals surface area contributed by atoms with Crippen LogP contribution in [0.4, 0.5) is 13.2 Å². The van der Waals surface area contributed by atoms with Crippen LogP contribution in [0.15, 0.2) is 24.4 Å². The number of alkyl halides is 3. The van der Waals surface area contributed by atoms with E-state index in [-0.39, 0.29) is 11.6 Å². The highest BCUT2D eigenvalue weighted by Gasteiger charge is 2.27. The first-order valence-electron chi connectivity index (χ1n) is 9.12. The summed E-state index contributed by atoms with van der Waals surface area (Å²) in [5.74, 6) is -1.53. The molecule has 3 aromatic heterocycles. The molecule has 0 spiro atoms. The molecule has 7 nitrogen and oxygen atoms in total. The second-order valence-corrected chi connectivity index (χ2v) is 8.25. The minimum Gasteiger partial charge on any atom is -0.345 e. The maximum atomic E-state index is 12.8. The van der Waals surface area contributed by atoms with Crippen molar-refractivity contribution in [3.63, 3.8) is 0 Å². The van der Waals surface area contributed by atoms with Crippen molar-refractivity contribution in [3.8, 4) is 10.6 Å². The van der Waals surface area contributed by atoms with Gasteiger partial charge in [-0.15, -0.1) is 11.3 Å². The number of rotatable bonds is 6. The maximum Gasteiger partial charge on any atom is 0.405 e. The van der Waals surface area contributed by atoms with Crippen LogP contribution in [0.2, 0.25) is 0 Å². The highest BCUT2D eigenvalue weighted by atomic mass is 32.1. The second-order valence-electron chi connectivity index (χ2n) is 6.96. The lowest BCUT2D eigenvalue weighted by Gasteiger charge is -2.11. The van der Waals surface area contributed by atoms with Crippen LogP contribution in [0.5, 0.6) is 0 Å². The topological polar surface area (TPSA) is 88.9 Å². The summed E-state index contributed by atoms with van der Waals surface area (Å²) in [7, 11) is 0. The predicted octanol–water partition coefficient (Wildman–Crippen LogP) is 3.46. The van der Waals surface area contributed by atoms with Crippen LogP contribution in [0, 0.1) is 6.92 Å². The van der Waals surface area contributed by atoms with Gasteiger partial charge in [-0.2, -0.15) is 18.3 Å². The summed E-state index contributed by atoms with van der Waals surface area (Å²) < 4.78 is 38.3. The van der Waals surface area contributed by atoms with Gasteiger partial charge >= 0.3 is 6.18 Å². The van der Waals surface area contributed by atoms with Gasteiger partial charge in [0.25, 0.3) is 5.91 Å². The van der Waals surface area contributed by atoms with Crippen LogP contribution in [-0.2, 0) is 4.79 Å². The number of carbonyl (C=O) groups is 2. The number of hydrogen-bond donors (Lipinski definition) is 2. The second kappa shape index (κ2) is 8.42. The van der Waals surface area contributed by atoms with E-state index in [9.17, 15) is 22.8 Å². The molecular weight excluding hydrogens is 419 g/mol. The zero-order chi connectivity index (χ0) is 22.1. The summed E-state index contributed by atoms with van der Waals surface area (Å²) in [5.41, 5.74) is 1.34. The molecule has 0 fully saturated rings. The molecule has 0 bridgehead atoms. The molecule has 3 aromatic rings. The highest BCUT2D eigenvalue weighted by Crippen LogP contribution is 2.30. The summed E-state index contributed by atoms with van der Waals surface area (Å²) in [5, 5.41) is 8.89. The van der Waals surface area contributed by atoms with E-state index in [1.807, 2.05) is 32.9 Å². The zero-order valence-corrected chi connectivity index (χ0v) is 17.3. The number of hydrogen-bond acceptors (Lipinski definition) is 5. The first-order valence-corrected chi connectivity index (χ1v) is 9.93. The molecule has 0 aromatic carbocycles. The van der Waals surface area contributed by atoms with Crippen LogP contribution in [0.1, 0.15) is 35.1 Å². The Morgan fingerprint density at radius 2 is 1.97 bits per heavy atom. The Labute approximate surface area is 174 Å². The van der Waals surface area contributed by atoms with Gasteiger partial charge in [-0.3, -0.25) is 9.59 Å². The van der Waals surface area contributed by atoms with Crippen molar-refractivity contribution in [1.29, 1.82) is 0 Å². The number of aromatic nitrogens is 3. The van der Waals surface area contributed by atoms with Gasteiger partial charge in [0.15, 0.2) is 5.65 Å². The van der Waals surface area contributed by atoms with E-state index in [0.29, 0.717) is 16.7 Å². The van der Waals surface area contributed by atoms with E-state index in [1.165, 1.54) is 17.5 Å². The molecule has 0 saturated heterocycles. The Bertz CT molecular complexity index is 1090. The number of nitrogens with zero attached hydrogens (tertiary/aromatic N) is 3. The van der Waals surface area contributed by atoms with Gasteiger partial charge in [0.05, 0.1) is 34.3 Å². The lowest BCUT2D eigenvalue weighted by atomic mass is 10.1. The van der Waals surface area contributed by atoms with Crippen molar-refractivity contribution in [2.24, 2.45) is 0 Å². The van der Waals surface area contributed by atoms with E-state index in [2.05, 4.69) is 15.4 Å².